The fourth-order valence-corrected chi connectivity index (χ4v) is 7.20. The smallest absolute Gasteiger partial charge is 0.250 e. The van der Waals surface area contributed by atoms with Crippen LogP contribution in [0.3, 0.4) is 0 Å². The van der Waals surface area contributed by atoms with Crippen molar-refractivity contribution in [2.24, 2.45) is 5.92 Å². The van der Waals surface area contributed by atoms with Gasteiger partial charge in [-0.05, 0) is 49.6 Å². The number of fused-ring (bicyclic) bond motifs is 6. The standard InChI is InChI=1S/C29H25N3O4S/c1-16-26(29-30-21-5-2-3-7-24(21)37-29)27(35)19-9-10-23(33)20(28(19)36-16)15-31-12-17-11-18(14-31)22-6-4-8-25(34)32(22)13-17/h2-10,17-18,33H,11-15H2,1H3/t17-,18+/m0/s1. The number of aryl methyl sites for hydroxylation is 1. The van der Waals surface area contributed by atoms with Crippen LogP contribution in [0.4, 0.5) is 0 Å². The maximum atomic E-state index is 13.7. The molecule has 2 aromatic carbocycles. The molecular formula is C29H25N3O4S. The normalized spacial score (nSPS) is 19.4. The maximum absolute atomic E-state index is 13.7. The highest BCUT2D eigenvalue weighted by Gasteiger charge is 2.35. The van der Waals surface area contributed by atoms with Gasteiger partial charge in [0.1, 0.15) is 22.1 Å². The molecule has 5 aromatic rings. The molecule has 3 aromatic heterocycles. The number of piperidine rings is 1. The van der Waals surface area contributed by atoms with Gasteiger partial charge < -0.3 is 14.1 Å². The molecule has 186 valence electrons. The van der Waals surface area contributed by atoms with Gasteiger partial charge in [-0.2, -0.15) is 0 Å². The van der Waals surface area contributed by atoms with E-state index >= 15 is 0 Å². The Balaban J connectivity index is 1.28. The number of aromatic hydroxyl groups is 1. The average Bonchev–Trinajstić information content (AvgIpc) is 3.30. The molecule has 7 rings (SSSR count). The van der Waals surface area contributed by atoms with E-state index in [2.05, 4.69) is 9.88 Å². The lowest BCUT2D eigenvalue weighted by Gasteiger charge is -2.42. The number of thiazole rings is 1. The summed E-state index contributed by atoms with van der Waals surface area (Å²) in [4.78, 5) is 33.1. The van der Waals surface area contributed by atoms with E-state index in [0.717, 1.165) is 35.4 Å². The van der Waals surface area contributed by atoms with Crippen molar-refractivity contribution in [1.82, 2.24) is 14.5 Å². The second kappa shape index (κ2) is 8.39. The molecule has 0 amide bonds. The van der Waals surface area contributed by atoms with Crippen molar-refractivity contribution < 1.29 is 9.52 Å². The number of likely N-dealkylation sites (tertiary alicyclic amines) is 1. The second-order valence-corrected chi connectivity index (χ2v) is 11.2. The van der Waals surface area contributed by atoms with Crippen LogP contribution in [0.15, 0.2) is 68.6 Å². The summed E-state index contributed by atoms with van der Waals surface area (Å²) in [7, 11) is 0. The minimum atomic E-state index is -0.136. The number of para-hydroxylation sites is 1. The molecule has 2 aliphatic heterocycles. The van der Waals surface area contributed by atoms with Crippen molar-refractivity contribution in [1.29, 1.82) is 0 Å². The van der Waals surface area contributed by atoms with Gasteiger partial charge in [0.15, 0.2) is 0 Å². The second-order valence-electron chi connectivity index (χ2n) is 10.2. The van der Waals surface area contributed by atoms with E-state index in [-0.39, 0.29) is 22.7 Å². The zero-order chi connectivity index (χ0) is 25.3. The van der Waals surface area contributed by atoms with Gasteiger partial charge in [0.2, 0.25) is 5.43 Å². The lowest BCUT2D eigenvalue weighted by atomic mass is 9.83. The Morgan fingerprint density at radius 1 is 1.05 bits per heavy atom. The topological polar surface area (TPSA) is 88.6 Å². The molecule has 0 unspecified atom stereocenters. The number of benzene rings is 2. The van der Waals surface area contributed by atoms with Crippen LogP contribution in [0.1, 0.15) is 29.4 Å². The summed E-state index contributed by atoms with van der Waals surface area (Å²) in [5, 5.41) is 11.9. The molecule has 7 nitrogen and oxygen atoms in total. The largest absolute Gasteiger partial charge is 0.507 e. The molecule has 0 radical (unpaired) electrons. The van der Waals surface area contributed by atoms with Crippen molar-refractivity contribution >= 4 is 32.5 Å². The first-order valence-electron chi connectivity index (χ1n) is 12.5. The third-order valence-electron chi connectivity index (χ3n) is 7.76. The number of aromatic nitrogens is 2. The summed E-state index contributed by atoms with van der Waals surface area (Å²) in [5.41, 5.74) is 3.39. The Morgan fingerprint density at radius 3 is 2.78 bits per heavy atom. The van der Waals surface area contributed by atoms with Crippen molar-refractivity contribution in [3.05, 3.63) is 92.2 Å². The molecule has 0 aliphatic carbocycles. The van der Waals surface area contributed by atoms with E-state index in [9.17, 15) is 14.7 Å². The van der Waals surface area contributed by atoms with Gasteiger partial charge in [0, 0.05) is 43.9 Å². The quantitative estimate of drug-likeness (QED) is 0.372. The predicted molar refractivity (Wildman–Crippen MR) is 144 cm³/mol. The highest BCUT2D eigenvalue weighted by Crippen LogP contribution is 2.38. The van der Waals surface area contributed by atoms with E-state index in [1.807, 2.05) is 41.0 Å². The number of rotatable bonds is 3. The molecule has 0 spiro atoms. The number of pyridine rings is 1. The lowest BCUT2D eigenvalue weighted by Crippen LogP contribution is -2.46. The molecule has 2 atom stereocenters. The van der Waals surface area contributed by atoms with E-state index in [4.69, 9.17) is 4.42 Å². The maximum Gasteiger partial charge on any atom is 0.250 e. The first-order chi connectivity index (χ1) is 18.0. The number of hydrogen-bond acceptors (Lipinski definition) is 7. The van der Waals surface area contributed by atoms with E-state index in [1.54, 1.807) is 25.1 Å². The van der Waals surface area contributed by atoms with Crippen molar-refractivity contribution in [2.45, 2.75) is 32.4 Å². The SMILES string of the molecule is Cc1oc2c(CN3C[C@@H]4C[C@H](C3)c3cccc(=O)n3C4)c(O)ccc2c(=O)c1-c1nc2ccccc2s1. The van der Waals surface area contributed by atoms with Crippen LogP contribution in [0.5, 0.6) is 5.75 Å². The third-order valence-corrected chi connectivity index (χ3v) is 8.81. The molecule has 1 saturated heterocycles. The van der Waals surface area contributed by atoms with Crippen LogP contribution in [0.2, 0.25) is 0 Å². The van der Waals surface area contributed by atoms with Crippen LogP contribution in [-0.2, 0) is 13.1 Å². The van der Waals surface area contributed by atoms with E-state index < -0.39 is 0 Å². The Labute approximate surface area is 216 Å². The molecule has 2 bridgehead atoms. The zero-order valence-electron chi connectivity index (χ0n) is 20.3. The van der Waals surface area contributed by atoms with Crippen LogP contribution in [0, 0.1) is 12.8 Å². The van der Waals surface area contributed by atoms with Gasteiger partial charge in [0.05, 0.1) is 26.7 Å². The molecule has 0 saturated carbocycles. The zero-order valence-corrected chi connectivity index (χ0v) is 21.1. The first kappa shape index (κ1) is 22.4. The van der Waals surface area contributed by atoms with Crippen molar-refractivity contribution in [3.63, 3.8) is 0 Å². The number of phenols is 1. The molecular weight excluding hydrogens is 486 g/mol. The Bertz CT molecular complexity index is 1790. The van der Waals surface area contributed by atoms with Crippen molar-refractivity contribution in [3.8, 4) is 16.3 Å². The Kier molecular flexibility index (Phi) is 5.09. The monoisotopic (exact) mass is 511 g/mol. The minimum absolute atomic E-state index is 0.0635. The number of hydrogen-bond donors (Lipinski definition) is 1. The van der Waals surface area contributed by atoms with Gasteiger partial charge in [-0.1, -0.05) is 18.2 Å². The molecule has 5 heterocycles. The van der Waals surface area contributed by atoms with Gasteiger partial charge in [-0.25, -0.2) is 4.98 Å². The van der Waals surface area contributed by atoms with Crippen LogP contribution in [-0.4, -0.2) is 32.6 Å². The summed E-state index contributed by atoms with van der Waals surface area (Å²) < 4.78 is 9.21. The third kappa shape index (κ3) is 3.62. The molecule has 2 aliphatic rings. The number of nitrogens with zero attached hydrogens (tertiary/aromatic N) is 3. The Hall–Kier alpha value is -3.75. The molecule has 1 fully saturated rings. The Morgan fingerprint density at radius 2 is 1.92 bits per heavy atom. The van der Waals surface area contributed by atoms with Crippen molar-refractivity contribution in [2.75, 3.05) is 13.1 Å². The van der Waals surface area contributed by atoms with Gasteiger partial charge in [-0.15, -0.1) is 11.3 Å². The van der Waals surface area contributed by atoms with Crippen LogP contribution < -0.4 is 11.0 Å². The van der Waals surface area contributed by atoms with E-state index in [0.29, 0.717) is 51.9 Å². The summed E-state index contributed by atoms with van der Waals surface area (Å²) in [6, 6.07) is 16.6. The average molecular weight is 512 g/mol. The summed E-state index contributed by atoms with van der Waals surface area (Å²) in [6.45, 7) is 4.57. The van der Waals surface area contributed by atoms with Gasteiger partial charge in [-0.3, -0.25) is 14.5 Å². The van der Waals surface area contributed by atoms with Gasteiger partial charge in [0.25, 0.3) is 5.56 Å². The molecule has 8 heteroatoms. The lowest BCUT2D eigenvalue weighted by molar-refractivity contribution is 0.113. The highest BCUT2D eigenvalue weighted by molar-refractivity contribution is 7.21. The summed E-state index contributed by atoms with van der Waals surface area (Å²) in [5.74, 6) is 1.24. The fraction of sp³-hybridized carbons (Fsp3) is 0.276. The number of phenolic OH excluding ortho intramolecular Hbond substituents is 1. The predicted octanol–water partition coefficient (Wildman–Crippen LogP) is 4.86. The fourth-order valence-electron chi connectivity index (χ4n) is 6.14. The van der Waals surface area contributed by atoms with Crippen LogP contribution >= 0.6 is 11.3 Å². The summed E-state index contributed by atoms with van der Waals surface area (Å²) >= 11 is 1.47. The summed E-state index contributed by atoms with van der Waals surface area (Å²) in [6.07, 6.45) is 1.06. The van der Waals surface area contributed by atoms with Crippen LogP contribution in [0.25, 0.3) is 31.8 Å². The molecule has 1 N–H and O–H groups in total. The highest BCUT2D eigenvalue weighted by atomic mass is 32.1. The van der Waals surface area contributed by atoms with Gasteiger partial charge >= 0.3 is 0 Å². The van der Waals surface area contributed by atoms with E-state index in [1.165, 1.54) is 11.3 Å². The first-order valence-corrected chi connectivity index (χ1v) is 13.3. The minimum Gasteiger partial charge on any atom is -0.507 e. The molecule has 37 heavy (non-hydrogen) atoms.